The van der Waals surface area contributed by atoms with Crippen molar-refractivity contribution in [3.8, 4) is 0 Å². The first-order chi connectivity index (χ1) is 26.6. The SMILES string of the molecule is CC(C)(C)c1cc(CC(=O)[C@@H]2CCCCN2C(=O)N2CCNCC2)no1.CCC(=O)N1CCN(C(=O)N2CCCC[C@H]2C(=O)Cc2cc(C(C)(C)C)on2)CC1. The molecule has 15 heteroatoms. The van der Waals surface area contributed by atoms with Gasteiger partial charge in [0.15, 0.2) is 11.6 Å². The summed E-state index contributed by atoms with van der Waals surface area (Å²) in [5.41, 5.74) is 0.973. The minimum Gasteiger partial charge on any atom is -0.361 e. The molecule has 310 valence electrons. The van der Waals surface area contributed by atoms with Gasteiger partial charge in [0.2, 0.25) is 5.91 Å². The molecule has 2 atom stereocenters. The van der Waals surface area contributed by atoms with Crippen molar-refractivity contribution >= 4 is 29.5 Å². The van der Waals surface area contributed by atoms with Gasteiger partial charge in [-0.1, -0.05) is 58.8 Å². The van der Waals surface area contributed by atoms with Crippen LogP contribution in [-0.2, 0) is 38.1 Å². The van der Waals surface area contributed by atoms with Crippen LogP contribution in [0, 0.1) is 0 Å². The molecule has 56 heavy (non-hydrogen) atoms. The van der Waals surface area contributed by atoms with E-state index in [0.29, 0.717) is 76.6 Å². The van der Waals surface area contributed by atoms with Gasteiger partial charge < -0.3 is 38.9 Å². The van der Waals surface area contributed by atoms with E-state index in [1.807, 2.05) is 65.5 Å². The van der Waals surface area contributed by atoms with E-state index in [1.165, 1.54) is 0 Å². The maximum Gasteiger partial charge on any atom is 0.320 e. The predicted molar refractivity (Wildman–Crippen MR) is 210 cm³/mol. The fourth-order valence-corrected chi connectivity index (χ4v) is 7.67. The van der Waals surface area contributed by atoms with Crippen LogP contribution in [0.3, 0.4) is 0 Å². The Labute approximate surface area is 331 Å². The third-order valence-corrected chi connectivity index (χ3v) is 11.1. The summed E-state index contributed by atoms with van der Waals surface area (Å²) in [6.45, 7) is 20.5. The lowest BCUT2D eigenvalue weighted by Gasteiger charge is -2.41. The highest BCUT2D eigenvalue weighted by Crippen LogP contribution is 2.27. The second-order valence-corrected chi connectivity index (χ2v) is 17.6. The molecule has 2 aromatic heterocycles. The zero-order valence-corrected chi connectivity index (χ0v) is 34.7. The van der Waals surface area contributed by atoms with Crippen molar-refractivity contribution in [1.82, 2.24) is 40.1 Å². The van der Waals surface area contributed by atoms with Gasteiger partial charge in [0.25, 0.3) is 0 Å². The molecule has 6 rings (SSSR count). The number of likely N-dealkylation sites (tertiary alicyclic amines) is 2. The number of piperazine rings is 2. The minimum absolute atomic E-state index is 0.0000772. The summed E-state index contributed by atoms with van der Waals surface area (Å²) >= 11 is 0. The lowest BCUT2D eigenvalue weighted by molar-refractivity contribution is -0.132. The highest BCUT2D eigenvalue weighted by atomic mass is 16.5. The van der Waals surface area contributed by atoms with Crippen molar-refractivity contribution in [2.24, 2.45) is 0 Å². The van der Waals surface area contributed by atoms with E-state index in [1.54, 1.807) is 19.6 Å². The van der Waals surface area contributed by atoms with E-state index >= 15 is 0 Å². The second kappa shape index (κ2) is 18.8. The van der Waals surface area contributed by atoms with Gasteiger partial charge in [-0.3, -0.25) is 14.4 Å². The fourth-order valence-electron chi connectivity index (χ4n) is 7.67. The fraction of sp³-hybridized carbons (Fsp3) is 0.732. The normalized spacial score (nSPS) is 21.0. The molecule has 0 bridgehead atoms. The smallest absolute Gasteiger partial charge is 0.320 e. The van der Waals surface area contributed by atoms with Crippen LogP contribution in [-0.4, -0.2) is 142 Å². The van der Waals surface area contributed by atoms with Gasteiger partial charge in [0, 0.05) is 94.8 Å². The molecule has 0 radical (unpaired) electrons. The molecule has 6 heterocycles. The maximum atomic E-state index is 13.2. The lowest BCUT2D eigenvalue weighted by Crippen LogP contribution is -2.58. The van der Waals surface area contributed by atoms with E-state index in [4.69, 9.17) is 9.05 Å². The molecule has 0 aliphatic carbocycles. The van der Waals surface area contributed by atoms with Crippen LogP contribution in [0.5, 0.6) is 0 Å². The predicted octanol–water partition coefficient (Wildman–Crippen LogP) is 4.58. The summed E-state index contributed by atoms with van der Waals surface area (Å²) in [4.78, 5) is 72.9. The number of urea groups is 2. The molecule has 0 spiro atoms. The van der Waals surface area contributed by atoms with Crippen molar-refractivity contribution in [2.45, 2.75) is 129 Å². The lowest BCUT2D eigenvalue weighted by atomic mass is 9.92. The first-order valence-corrected chi connectivity index (χ1v) is 20.6. The Kier molecular flexibility index (Phi) is 14.4. The Morgan fingerprint density at radius 3 is 1.43 bits per heavy atom. The van der Waals surface area contributed by atoms with Crippen LogP contribution in [0.1, 0.15) is 116 Å². The molecule has 1 N–H and O–H groups in total. The summed E-state index contributed by atoms with van der Waals surface area (Å²) in [6.07, 6.45) is 6.07. The summed E-state index contributed by atoms with van der Waals surface area (Å²) < 4.78 is 10.8. The van der Waals surface area contributed by atoms with E-state index < -0.39 is 6.04 Å². The Morgan fingerprint density at radius 2 is 1.04 bits per heavy atom. The largest absolute Gasteiger partial charge is 0.361 e. The number of carbonyl (C=O) groups is 5. The van der Waals surface area contributed by atoms with Gasteiger partial charge in [-0.15, -0.1) is 0 Å². The first kappa shape index (κ1) is 42.9. The third kappa shape index (κ3) is 11.0. The van der Waals surface area contributed by atoms with Crippen LogP contribution in [0.2, 0.25) is 0 Å². The number of carbonyl (C=O) groups excluding carboxylic acids is 5. The number of aromatic nitrogens is 2. The van der Waals surface area contributed by atoms with Gasteiger partial charge in [-0.25, -0.2) is 9.59 Å². The van der Waals surface area contributed by atoms with Crippen molar-refractivity contribution in [1.29, 1.82) is 0 Å². The third-order valence-electron chi connectivity index (χ3n) is 11.1. The number of Topliss-reactive ketones (excluding diaryl/α,β-unsaturated/α-hetero) is 2. The average molecular weight is 781 g/mol. The number of rotatable bonds is 7. The summed E-state index contributed by atoms with van der Waals surface area (Å²) in [5.74, 6) is 1.72. The molecule has 0 saturated carbocycles. The van der Waals surface area contributed by atoms with Crippen LogP contribution >= 0.6 is 0 Å². The zero-order valence-electron chi connectivity index (χ0n) is 34.7. The Balaban J connectivity index is 0.000000216. The Bertz CT molecular complexity index is 1660. The zero-order chi connectivity index (χ0) is 40.6. The maximum absolute atomic E-state index is 13.2. The van der Waals surface area contributed by atoms with Crippen LogP contribution in [0.15, 0.2) is 21.2 Å². The molecule has 0 unspecified atom stereocenters. The molecule has 4 fully saturated rings. The highest BCUT2D eigenvalue weighted by molar-refractivity contribution is 5.91. The van der Waals surface area contributed by atoms with Gasteiger partial charge in [0.05, 0.1) is 36.3 Å². The first-order valence-electron chi connectivity index (χ1n) is 20.6. The quantitative estimate of drug-likeness (QED) is 0.421. The summed E-state index contributed by atoms with van der Waals surface area (Å²) in [7, 11) is 0. The number of hydrogen-bond acceptors (Lipinski definition) is 10. The summed E-state index contributed by atoms with van der Waals surface area (Å²) in [5, 5.41) is 11.4. The average Bonchev–Trinajstić information content (AvgIpc) is 3.88. The molecule has 4 aliphatic rings. The molecule has 2 aromatic rings. The van der Waals surface area contributed by atoms with Crippen LogP contribution in [0.4, 0.5) is 9.59 Å². The van der Waals surface area contributed by atoms with E-state index in [0.717, 1.165) is 56.7 Å². The Hall–Kier alpha value is -4.27. The minimum atomic E-state index is -0.420. The van der Waals surface area contributed by atoms with Gasteiger partial charge in [-0.2, -0.15) is 0 Å². The van der Waals surface area contributed by atoms with Gasteiger partial charge in [0.1, 0.15) is 11.5 Å². The van der Waals surface area contributed by atoms with Crippen molar-refractivity contribution in [3.05, 3.63) is 35.0 Å². The number of ketones is 2. The van der Waals surface area contributed by atoms with E-state index in [9.17, 15) is 24.0 Å². The number of nitrogens with one attached hydrogen (secondary N) is 1. The van der Waals surface area contributed by atoms with E-state index in [-0.39, 0.29) is 59.2 Å². The van der Waals surface area contributed by atoms with Gasteiger partial charge in [-0.05, 0) is 38.5 Å². The van der Waals surface area contributed by atoms with Crippen molar-refractivity contribution < 1.29 is 33.0 Å². The molecule has 4 aliphatic heterocycles. The number of piperidine rings is 2. The molecular formula is C41H64N8O7. The number of amides is 5. The van der Waals surface area contributed by atoms with Crippen LogP contribution < -0.4 is 5.32 Å². The van der Waals surface area contributed by atoms with Crippen LogP contribution in [0.25, 0.3) is 0 Å². The standard InChI is InChI=1S/C22H34N4O4.C19H30N4O3/c1-5-20(28)24-10-12-25(13-11-24)21(29)26-9-7-6-8-17(26)18(27)14-16-15-19(30-23-16)22(2,3)4;1-19(2,3)17-13-14(21-26-17)12-16(24)15-6-4-5-9-23(15)18(25)22-10-7-20-8-11-22/h15,17H,5-14H2,1-4H3;13,15,20H,4-12H2,1-3H3/t17-;15-/m00/s1. The van der Waals surface area contributed by atoms with Gasteiger partial charge >= 0.3 is 12.1 Å². The monoisotopic (exact) mass is 780 g/mol. The molecule has 15 nitrogen and oxygen atoms in total. The Morgan fingerprint density at radius 1 is 0.625 bits per heavy atom. The molecule has 4 saturated heterocycles. The van der Waals surface area contributed by atoms with E-state index in [2.05, 4.69) is 15.6 Å². The van der Waals surface area contributed by atoms with Crippen molar-refractivity contribution in [2.75, 3.05) is 65.4 Å². The summed E-state index contributed by atoms with van der Waals surface area (Å²) in [6, 6.07) is 2.85. The highest BCUT2D eigenvalue weighted by Gasteiger charge is 2.37. The van der Waals surface area contributed by atoms with Crippen molar-refractivity contribution in [3.63, 3.8) is 0 Å². The number of nitrogens with zero attached hydrogens (tertiary/aromatic N) is 7. The topological polar surface area (TPSA) is 166 Å². The molecule has 5 amide bonds. The number of hydrogen-bond donors (Lipinski definition) is 1. The molecule has 0 aromatic carbocycles. The second-order valence-electron chi connectivity index (χ2n) is 17.6. The molecular weight excluding hydrogens is 716 g/mol.